The summed E-state index contributed by atoms with van der Waals surface area (Å²) in [5.74, 6) is 0.523. The number of hydrogen-bond acceptors (Lipinski definition) is 5. The first-order valence-electron chi connectivity index (χ1n) is 6.78. The number of methoxy groups -OCH3 is 1. The van der Waals surface area contributed by atoms with Gasteiger partial charge in [-0.2, -0.15) is 0 Å². The van der Waals surface area contributed by atoms with Crippen molar-refractivity contribution < 1.29 is 19.0 Å². The van der Waals surface area contributed by atoms with Gasteiger partial charge in [0.1, 0.15) is 12.4 Å². The van der Waals surface area contributed by atoms with Gasteiger partial charge in [-0.05, 0) is 31.5 Å². The highest BCUT2D eigenvalue weighted by Gasteiger charge is 2.05. The summed E-state index contributed by atoms with van der Waals surface area (Å²) in [5, 5.41) is 3.32. The molecular weight excluding hydrogens is 258 g/mol. The van der Waals surface area contributed by atoms with Crippen molar-refractivity contribution in [1.29, 1.82) is 0 Å². The molecule has 0 aliphatic carbocycles. The van der Waals surface area contributed by atoms with E-state index in [9.17, 15) is 4.79 Å². The zero-order valence-electron chi connectivity index (χ0n) is 12.3. The van der Waals surface area contributed by atoms with E-state index in [2.05, 4.69) is 12.2 Å². The van der Waals surface area contributed by atoms with E-state index in [1.54, 1.807) is 14.0 Å². The second-order valence-corrected chi connectivity index (χ2v) is 4.31. The van der Waals surface area contributed by atoms with Gasteiger partial charge >= 0.3 is 5.97 Å². The van der Waals surface area contributed by atoms with Crippen LogP contribution >= 0.6 is 0 Å². The van der Waals surface area contributed by atoms with E-state index in [0.29, 0.717) is 19.8 Å². The van der Waals surface area contributed by atoms with Gasteiger partial charge in [0.05, 0.1) is 20.3 Å². The first-order chi connectivity index (χ1) is 9.67. The molecule has 0 bridgehead atoms. The van der Waals surface area contributed by atoms with E-state index >= 15 is 0 Å². The Morgan fingerprint density at radius 3 is 2.60 bits per heavy atom. The summed E-state index contributed by atoms with van der Waals surface area (Å²) in [6.07, 6.45) is 0. The van der Waals surface area contributed by atoms with Gasteiger partial charge in [-0.3, -0.25) is 0 Å². The molecule has 1 atom stereocenters. The van der Waals surface area contributed by atoms with Crippen molar-refractivity contribution in [2.24, 2.45) is 0 Å². The van der Waals surface area contributed by atoms with Crippen LogP contribution in [-0.4, -0.2) is 39.4 Å². The van der Waals surface area contributed by atoms with Crippen LogP contribution < -0.4 is 10.1 Å². The summed E-state index contributed by atoms with van der Waals surface area (Å²) in [5.41, 5.74) is 1.18. The third kappa shape index (κ3) is 6.04. The van der Waals surface area contributed by atoms with Crippen molar-refractivity contribution in [3.8, 4) is 5.75 Å². The highest BCUT2D eigenvalue weighted by Crippen LogP contribution is 2.16. The fourth-order valence-corrected chi connectivity index (χ4v) is 1.72. The zero-order valence-corrected chi connectivity index (χ0v) is 12.3. The summed E-state index contributed by atoms with van der Waals surface area (Å²) in [6.45, 7) is 5.39. The third-order valence-electron chi connectivity index (χ3n) is 2.84. The highest BCUT2D eigenvalue weighted by molar-refractivity contribution is 5.70. The Morgan fingerprint density at radius 1 is 1.30 bits per heavy atom. The summed E-state index contributed by atoms with van der Waals surface area (Å²) in [7, 11) is 1.65. The van der Waals surface area contributed by atoms with E-state index in [1.807, 2.05) is 24.3 Å². The van der Waals surface area contributed by atoms with Crippen molar-refractivity contribution in [2.75, 3.05) is 33.5 Å². The number of hydrogen-bond donors (Lipinski definition) is 1. The van der Waals surface area contributed by atoms with Crippen molar-refractivity contribution in [3.05, 3.63) is 29.8 Å². The Hall–Kier alpha value is -1.59. The normalized spacial score (nSPS) is 11.9. The Morgan fingerprint density at radius 2 is 2.00 bits per heavy atom. The van der Waals surface area contributed by atoms with Crippen LogP contribution in [0.25, 0.3) is 0 Å². The van der Waals surface area contributed by atoms with Gasteiger partial charge in [-0.1, -0.05) is 12.1 Å². The molecule has 1 aromatic carbocycles. The monoisotopic (exact) mass is 281 g/mol. The molecule has 112 valence electrons. The largest absolute Gasteiger partial charge is 0.497 e. The number of benzene rings is 1. The Bertz CT molecular complexity index is 391. The zero-order chi connectivity index (χ0) is 14.8. The molecule has 0 unspecified atom stereocenters. The van der Waals surface area contributed by atoms with Crippen LogP contribution in [0.5, 0.6) is 5.75 Å². The minimum absolute atomic E-state index is 0.00639. The van der Waals surface area contributed by atoms with Gasteiger partial charge < -0.3 is 19.5 Å². The second kappa shape index (κ2) is 9.34. The van der Waals surface area contributed by atoms with E-state index in [1.165, 1.54) is 5.56 Å². The van der Waals surface area contributed by atoms with Crippen LogP contribution in [0.2, 0.25) is 0 Å². The lowest BCUT2D eigenvalue weighted by Crippen LogP contribution is -2.24. The maximum atomic E-state index is 11.0. The first-order valence-corrected chi connectivity index (χ1v) is 6.78. The smallest absolute Gasteiger partial charge is 0.332 e. The van der Waals surface area contributed by atoms with Gasteiger partial charge in [-0.25, -0.2) is 4.79 Å². The van der Waals surface area contributed by atoms with Crippen LogP contribution in [0.15, 0.2) is 24.3 Å². The average Bonchev–Trinajstić information content (AvgIpc) is 2.47. The maximum absolute atomic E-state index is 11.0. The van der Waals surface area contributed by atoms with E-state index in [4.69, 9.17) is 14.2 Å². The number of esters is 1. The summed E-state index contributed by atoms with van der Waals surface area (Å²) in [4.78, 5) is 11.0. The molecule has 0 saturated carbocycles. The minimum atomic E-state index is -0.323. The number of carbonyl (C=O) groups excluding carboxylic acids is 1. The average molecular weight is 281 g/mol. The van der Waals surface area contributed by atoms with Crippen LogP contribution in [0.4, 0.5) is 0 Å². The standard InChI is InChI=1S/C15H23NO4/c1-4-20-15(17)11-19-10-9-16-12(2)13-5-7-14(18-3)8-6-13/h5-8,12,16H,4,9-11H2,1-3H3/t12-/m1/s1. The van der Waals surface area contributed by atoms with Crippen LogP contribution in [0, 0.1) is 0 Å². The molecule has 5 heteroatoms. The van der Waals surface area contributed by atoms with Crippen LogP contribution in [0.3, 0.4) is 0 Å². The lowest BCUT2D eigenvalue weighted by atomic mass is 10.1. The Kier molecular flexibility index (Phi) is 7.69. The summed E-state index contributed by atoms with van der Waals surface area (Å²) >= 11 is 0. The third-order valence-corrected chi connectivity index (χ3v) is 2.84. The van der Waals surface area contributed by atoms with Crippen molar-refractivity contribution in [3.63, 3.8) is 0 Å². The fourth-order valence-electron chi connectivity index (χ4n) is 1.72. The molecule has 1 N–H and O–H groups in total. The molecule has 5 nitrogen and oxygen atoms in total. The Labute approximate surface area is 120 Å². The molecule has 0 aromatic heterocycles. The summed E-state index contributed by atoms with van der Waals surface area (Å²) in [6, 6.07) is 8.13. The van der Waals surface area contributed by atoms with Crippen molar-refractivity contribution in [2.45, 2.75) is 19.9 Å². The van der Waals surface area contributed by atoms with Gasteiger partial charge in [0.2, 0.25) is 0 Å². The molecule has 1 rings (SSSR count). The predicted octanol–water partition coefficient (Wildman–Crippen LogP) is 1.93. The summed E-state index contributed by atoms with van der Waals surface area (Å²) < 4.78 is 15.1. The number of nitrogens with one attached hydrogen (secondary N) is 1. The lowest BCUT2D eigenvalue weighted by molar-refractivity contribution is -0.148. The maximum Gasteiger partial charge on any atom is 0.332 e. The first kappa shape index (κ1) is 16.5. The van der Waals surface area contributed by atoms with Gasteiger partial charge in [-0.15, -0.1) is 0 Å². The molecule has 0 spiro atoms. The quantitative estimate of drug-likeness (QED) is 0.553. The molecule has 1 aromatic rings. The van der Waals surface area contributed by atoms with Gasteiger partial charge in [0.25, 0.3) is 0 Å². The SMILES string of the molecule is CCOC(=O)COCCN[C@H](C)c1ccc(OC)cc1. The fraction of sp³-hybridized carbons (Fsp3) is 0.533. The number of rotatable bonds is 9. The Balaban J connectivity index is 2.19. The number of carbonyl (C=O) groups is 1. The topological polar surface area (TPSA) is 56.8 Å². The molecule has 0 fully saturated rings. The van der Waals surface area contributed by atoms with Gasteiger partial charge in [0.15, 0.2) is 0 Å². The highest BCUT2D eigenvalue weighted by atomic mass is 16.6. The van der Waals surface area contributed by atoms with E-state index in [0.717, 1.165) is 5.75 Å². The van der Waals surface area contributed by atoms with Crippen LogP contribution in [0.1, 0.15) is 25.5 Å². The van der Waals surface area contributed by atoms with Gasteiger partial charge in [0, 0.05) is 12.6 Å². The molecule has 20 heavy (non-hydrogen) atoms. The molecule has 0 heterocycles. The van der Waals surface area contributed by atoms with Crippen molar-refractivity contribution >= 4 is 5.97 Å². The van der Waals surface area contributed by atoms with Crippen LogP contribution in [-0.2, 0) is 14.3 Å². The predicted molar refractivity (Wildman–Crippen MR) is 76.9 cm³/mol. The molecule has 0 aliphatic rings. The minimum Gasteiger partial charge on any atom is -0.497 e. The molecule has 0 aliphatic heterocycles. The molecule has 0 saturated heterocycles. The van der Waals surface area contributed by atoms with Crippen molar-refractivity contribution in [1.82, 2.24) is 5.32 Å². The molecule has 0 radical (unpaired) electrons. The number of ether oxygens (including phenoxy) is 3. The molecule has 0 amide bonds. The molecular formula is C15H23NO4. The second-order valence-electron chi connectivity index (χ2n) is 4.31. The van der Waals surface area contributed by atoms with E-state index in [-0.39, 0.29) is 18.6 Å². The van der Waals surface area contributed by atoms with E-state index < -0.39 is 0 Å². The lowest BCUT2D eigenvalue weighted by Gasteiger charge is -2.14.